The maximum Gasteiger partial charge on any atom is 0.0563 e. The van der Waals surface area contributed by atoms with E-state index in [1.807, 2.05) is 6.92 Å². The fraction of sp³-hybridized carbons (Fsp3) is 0.111. The standard InChI is InChI=1S/C7H10N2.C2H4/c1-4-7(5-9-8)6(2)3;1-2/h4-5,8H,1-2H2,3H3;1-2H2/b7-5-,9-8?;. The summed E-state index contributed by atoms with van der Waals surface area (Å²) >= 11 is 0. The van der Waals surface area contributed by atoms with E-state index in [-0.39, 0.29) is 0 Å². The van der Waals surface area contributed by atoms with Crippen molar-refractivity contribution < 1.29 is 0 Å². The van der Waals surface area contributed by atoms with E-state index in [4.69, 9.17) is 5.53 Å². The number of rotatable bonds is 3. The fourth-order valence-corrected chi connectivity index (χ4v) is 0.407. The molecule has 60 valence electrons. The van der Waals surface area contributed by atoms with Crippen molar-refractivity contribution in [1.82, 2.24) is 0 Å². The lowest BCUT2D eigenvalue weighted by atomic mass is 10.1. The summed E-state index contributed by atoms with van der Waals surface area (Å²) in [4.78, 5) is 0. The lowest BCUT2D eigenvalue weighted by Gasteiger charge is -1.93. The molecule has 0 spiro atoms. The van der Waals surface area contributed by atoms with Gasteiger partial charge in [0.05, 0.1) is 6.20 Å². The Morgan fingerprint density at radius 2 is 1.91 bits per heavy atom. The predicted molar refractivity (Wildman–Crippen MR) is 49.5 cm³/mol. The van der Waals surface area contributed by atoms with Gasteiger partial charge in [-0.25, -0.2) is 5.53 Å². The van der Waals surface area contributed by atoms with Gasteiger partial charge in [0.25, 0.3) is 0 Å². The highest BCUT2D eigenvalue weighted by molar-refractivity contribution is 5.34. The van der Waals surface area contributed by atoms with Gasteiger partial charge in [-0.3, -0.25) is 0 Å². The van der Waals surface area contributed by atoms with Gasteiger partial charge in [0.15, 0.2) is 0 Å². The molecule has 0 unspecified atom stereocenters. The molecule has 0 saturated carbocycles. The van der Waals surface area contributed by atoms with Gasteiger partial charge >= 0.3 is 0 Å². The summed E-state index contributed by atoms with van der Waals surface area (Å²) in [7, 11) is 0. The molecule has 0 amide bonds. The van der Waals surface area contributed by atoms with Crippen LogP contribution >= 0.6 is 0 Å². The summed E-state index contributed by atoms with van der Waals surface area (Å²) in [5.74, 6) is 0. The normalized spacial score (nSPS) is 9.00. The molecule has 0 rings (SSSR count). The topological polar surface area (TPSA) is 36.2 Å². The summed E-state index contributed by atoms with van der Waals surface area (Å²) in [5.41, 5.74) is 8.18. The average Bonchev–Trinajstić information content (AvgIpc) is 2.03. The van der Waals surface area contributed by atoms with Crippen LogP contribution in [0, 0.1) is 5.53 Å². The summed E-state index contributed by atoms with van der Waals surface area (Å²) < 4.78 is 0. The minimum atomic E-state index is 0.810. The molecule has 1 N–H and O–H groups in total. The molecule has 0 radical (unpaired) electrons. The number of nitrogens with zero attached hydrogens (tertiary/aromatic N) is 1. The summed E-state index contributed by atoms with van der Waals surface area (Å²) in [5, 5.41) is 3.08. The number of hydrogen-bond donors (Lipinski definition) is 1. The minimum Gasteiger partial charge on any atom is -0.205 e. The Morgan fingerprint density at radius 1 is 1.45 bits per heavy atom. The maximum atomic E-state index is 6.49. The zero-order valence-corrected chi connectivity index (χ0v) is 6.93. The van der Waals surface area contributed by atoms with Crippen molar-refractivity contribution in [1.29, 1.82) is 5.53 Å². The van der Waals surface area contributed by atoms with Crippen LogP contribution in [0.4, 0.5) is 0 Å². The van der Waals surface area contributed by atoms with E-state index in [9.17, 15) is 0 Å². The molecule has 0 aromatic carbocycles. The Hall–Kier alpha value is -1.44. The highest BCUT2D eigenvalue weighted by Crippen LogP contribution is 2.06. The van der Waals surface area contributed by atoms with E-state index in [1.54, 1.807) is 6.08 Å². The molecular weight excluding hydrogens is 136 g/mol. The molecular formula is C9H14N2. The Labute approximate surface area is 68.1 Å². The van der Waals surface area contributed by atoms with E-state index in [0.717, 1.165) is 11.1 Å². The van der Waals surface area contributed by atoms with Crippen LogP contribution < -0.4 is 0 Å². The third kappa shape index (κ3) is 6.45. The van der Waals surface area contributed by atoms with Crippen LogP contribution in [0.3, 0.4) is 0 Å². The Bertz CT molecular complexity index is 178. The minimum absolute atomic E-state index is 0.810. The van der Waals surface area contributed by atoms with Gasteiger partial charge in [0, 0.05) is 0 Å². The van der Waals surface area contributed by atoms with Gasteiger partial charge in [-0.05, 0) is 18.1 Å². The van der Waals surface area contributed by atoms with E-state index in [1.165, 1.54) is 6.20 Å². The highest BCUT2D eigenvalue weighted by Gasteiger charge is 1.87. The summed E-state index contributed by atoms with van der Waals surface area (Å²) in [6.07, 6.45) is 3.04. The van der Waals surface area contributed by atoms with Gasteiger partial charge in [0.1, 0.15) is 0 Å². The molecule has 2 nitrogen and oxygen atoms in total. The van der Waals surface area contributed by atoms with Crippen LogP contribution in [0.5, 0.6) is 0 Å². The SMILES string of the molecule is C=C.C=C/C(=C/N=N)C(=C)C. The van der Waals surface area contributed by atoms with Crippen LogP contribution in [-0.4, -0.2) is 0 Å². The molecule has 0 atom stereocenters. The highest BCUT2D eigenvalue weighted by atomic mass is 14.9. The van der Waals surface area contributed by atoms with Gasteiger partial charge < -0.3 is 0 Å². The molecule has 0 heterocycles. The third-order valence-electron chi connectivity index (χ3n) is 0.916. The number of nitrogens with one attached hydrogen (secondary N) is 1. The molecule has 0 fully saturated rings. The van der Waals surface area contributed by atoms with Gasteiger partial charge in [-0.2, -0.15) is 5.11 Å². The second-order valence-corrected chi connectivity index (χ2v) is 1.70. The zero-order valence-electron chi connectivity index (χ0n) is 6.93. The first kappa shape index (κ1) is 12.3. The van der Waals surface area contributed by atoms with Crippen molar-refractivity contribution in [2.45, 2.75) is 6.92 Å². The molecule has 0 aliphatic rings. The number of hydrogen-bond acceptors (Lipinski definition) is 2. The second-order valence-electron chi connectivity index (χ2n) is 1.70. The first-order chi connectivity index (χ1) is 5.22. The lowest BCUT2D eigenvalue weighted by Crippen LogP contribution is -1.74. The molecule has 0 aliphatic carbocycles. The lowest BCUT2D eigenvalue weighted by molar-refractivity contribution is 1.13. The average molecular weight is 150 g/mol. The van der Waals surface area contributed by atoms with Crippen molar-refractivity contribution in [3.63, 3.8) is 0 Å². The van der Waals surface area contributed by atoms with Crippen LogP contribution in [0.15, 0.2) is 54.9 Å². The first-order valence-electron chi connectivity index (χ1n) is 3.07. The van der Waals surface area contributed by atoms with Crippen molar-refractivity contribution >= 4 is 0 Å². The Morgan fingerprint density at radius 3 is 2.00 bits per heavy atom. The summed E-state index contributed by atoms with van der Waals surface area (Å²) in [6.45, 7) is 15.0. The van der Waals surface area contributed by atoms with Gasteiger partial charge in [-0.1, -0.05) is 19.2 Å². The van der Waals surface area contributed by atoms with Crippen LogP contribution in [-0.2, 0) is 0 Å². The predicted octanol–water partition coefficient (Wildman–Crippen LogP) is 3.47. The largest absolute Gasteiger partial charge is 0.205 e. The fourth-order valence-electron chi connectivity index (χ4n) is 0.407. The summed E-state index contributed by atoms with van der Waals surface area (Å²) in [6, 6.07) is 0. The number of allylic oxidation sites excluding steroid dienone is 3. The van der Waals surface area contributed by atoms with Crippen molar-refractivity contribution in [2.75, 3.05) is 0 Å². The molecule has 11 heavy (non-hydrogen) atoms. The molecule has 0 saturated heterocycles. The molecule has 2 heteroatoms. The van der Waals surface area contributed by atoms with Crippen molar-refractivity contribution in [3.05, 3.63) is 49.7 Å². The van der Waals surface area contributed by atoms with Gasteiger partial charge in [-0.15, -0.1) is 13.2 Å². The van der Waals surface area contributed by atoms with Crippen molar-refractivity contribution in [3.8, 4) is 0 Å². The van der Waals surface area contributed by atoms with Gasteiger partial charge in [0.2, 0.25) is 0 Å². The van der Waals surface area contributed by atoms with E-state index in [2.05, 4.69) is 31.4 Å². The van der Waals surface area contributed by atoms with E-state index < -0.39 is 0 Å². The molecule has 0 aliphatic heterocycles. The monoisotopic (exact) mass is 150 g/mol. The molecule has 0 aromatic rings. The second kappa shape index (κ2) is 8.56. The first-order valence-corrected chi connectivity index (χ1v) is 3.07. The Balaban J connectivity index is 0. The Kier molecular flexibility index (Phi) is 9.54. The zero-order chi connectivity index (χ0) is 9.28. The van der Waals surface area contributed by atoms with Crippen LogP contribution in [0.25, 0.3) is 0 Å². The molecule has 0 bridgehead atoms. The quantitative estimate of drug-likeness (QED) is 0.363. The maximum absolute atomic E-state index is 6.49. The van der Waals surface area contributed by atoms with Crippen LogP contribution in [0.1, 0.15) is 6.92 Å². The van der Waals surface area contributed by atoms with Crippen molar-refractivity contribution in [2.24, 2.45) is 5.11 Å². The van der Waals surface area contributed by atoms with E-state index >= 15 is 0 Å². The van der Waals surface area contributed by atoms with E-state index in [0.29, 0.717) is 0 Å². The third-order valence-corrected chi connectivity index (χ3v) is 0.916. The van der Waals surface area contributed by atoms with Crippen LogP contribution in [0.2, 0.25) is 0 Å². The molecule has 0 aromatic heterocycles. The smallest absolute Gasteiger partial charge is 0.0563 e.